The average molecular weight is 1130 g/mol. The SMILES string of the molecule is C=CC(=O)Nc1cc(Nc2ncc(F)c(-c3c4n(c5ncccc35)CCOC4)n2)c(OC)cc1N(C)CCN(C)c1cc(-c2cn3c4c(cccc24)OC2(CC2)C3)nc(Nc2cc(NC(=O)C=C)c(N(C)CC(C)(C)N(C)C)cc2OC)n1. The van der Waals surface area contributed by atoms with Gasteiger partial charge < -0.3 is 68.9 Å². The Morgan fingerprint density at radius 2 is 1.47 bits per heavy atom. The molecule has 1 saturated carbocycles. The maximum Gasteiger partial charge on any atom is 0.247 e. The third-order valence-electron chi connectivity index (χ3n) is 15.9. The van der Waals surface area contributed by atoms with Crippen LogP contribution in [0, 0.1) is 5.82 Å². The van der Waals surface area contributed by atoms with E-state index >= 15 is 4.39 Å². The number of fused-ring (bicyclic) bond motifs is 3. The highest BCUT2D eigenvalue weighted by Gasteiger charge is 2.48. The summed E-state index contributed by atoms with van der Waals surface area (Å²) in [5, 5.41) is 14.4. The number of halogens is 1. The van der Waals surface area contributed by atoms with E-state index in [1.54, 1.807) is 25.4 Å². The first-order valence-corrected chi connectivity index (χ1v) is 27.3. The normalized spacial score (nSPS) is 14.0. The molecule has 5 aromatic heterocycles. The van der Waals surface area contributed by atoms with Gasteiger partial charge in [0.05, 0.1) is 91.2 Å². The fourth-order valence-electron chi connectivity index (χ4n) is 10.8. The Kier molecular flexibility index (Phi) is 14.9. The zero-order valence-electron chi connectivity index (χ0n) is 48.2. The molecule has 1 aliphatic carbocycles. The van der Waals surface area contributed by atoms with E-state index in [2.05, 4.69) is 84.9 Å². The van der Waals surface area contributed by atoms with Crippen LogP contribution in [0.1, 0.15) is 32.4 Å². The zero-order chi connectivity index (χ0) is 58.5. The first-order chi connectivity index (χ1) is 39.9. The van der Waals surface area contributed by atoms with E-state index in [0.717, 1.165) is 70.2 Å². The average Bonchev–Trinajstić information content (AvgIpc) is 3.32. The number of hydrogen-bond donors (Lipinski definition) is 4. The predicted octanol–water partition coefficient (Wildman–Crippen LogP) is 9.60. The molecule has 0 radical (unpaired) electrons. The Labute approximate surface area is 480 Å². The second kappa shape index (κ2) is 22.2. The number of methoxy groups -OCH3 is 2. The van der Waals surface area contributed by atoms with Gasteiger partial charge in [0.2, 0.25) is 23.7 Å². The van der Waals surface area contributed by atoms with Gasteiger partial charge in [0.15, 0.2) is 5.82 Å². The second-order valence-electron chi connectivity index (χ2n) is 22.0. The Morgan fingerprint density at radius 3 is 2.13 bits per heavy atom. The minimum absolute atomic E-state index is 0.0883. The molecule has 1 fully saturated rings. The van der Waals surface area contributed by atoms with Crippen molar-refractivity contribution in [3.05, 3.63) is 116 Å². The first kappa shape index (κ1) is 55.6. The van der Waals surface area contributed by atoms with Gasteiger partial charge in [-0.05, 0) is 83.3 Å². The molecule has 3 aliphatic rings. The molecule has 21 nitrogen and oxygen atoms in total. The molecule has 7 heterocycles. The van der Waals surface area contributed by atoms with Crippen molar-refractivity contribution in [1.29, 1.82) is 0 Å². The van der Waals surface area contributed by atoms with Crippen LogP contribution in [-0.4, -0.2) is 138 Å². The number of rotatable bonds is 21. The number of likely N-dealkylation sites (N-methyl/N-ethyl adjacent to an activating group) is 4. The van der Waals surface area contributed by atoms with Crippen LogP contribution in [0.15, 0.2) is 105 Å². The number of ether oxygens (including phenoxy) is 4. The minimum atomic E-state index is -0.610. The van der Waals surface area contributed by atoms with Gasteiger partial charge in [0.1, 0.15) is 40.0 Å². The molecule has 11 rings (SSSR count). The Balaban J connectivity index is 0.919. The number of anilines is 9. The van der Waals surface area contributed by atoms with Crippen molar-refractivity contribution in [2.45, 2.75) is 57.5 Å². The Morgan fingerprint density at radius 1 is 0.807 bits per heavy atom. The van der Waals surface area contributed by atoms with Crippen molar-refractivity contribution >= 4 is 85.6 Å². The number of hydrogen-bond acceptors (Lipinski definition) is 17. The Bertz CT molecular complexity index is 3870. The van der Waals surface area contributed by atoms with Crippen LogP contribution in [0.2, 0.25) is 0 Å². The topological polar surface area (TPSA) is 206 Å². The number of carbonyl (C=O) groups is 2. The maximum absolute atomic E-state index is 15.9. The van der Waals surface area contributed by atoms with Gasteiger partial charge in [-0.25, -0.2) is 24.3 Å². The van der Waals surface area contributed by atoms with Crippen molar-refractivity contribution in [3.8, 4) is 39.8 Å². The van der Waals surface area contributed by atoms with Gasteiger partial charge in [0.25, 0.3) is 0 Å². The number of nitrogens with zero attached hydrogens (tertiary/aromatic N) is 11. The third kappa shape index (κ3) is 10.9. The van der Waals surface area contributed by atoms with Crippen LogP contribution in [-0.2, 0) is 34.0 Å². The Hall–Kier alpha value is -9.28. The lowest BCUT2D eigenvalue weighted by molar-refractivity contribution is -0.112. The molecular weight excluding hydrogens is 1060 g/mol. The summed E-state index contributed by atoms with van der Waals surface area (Å²) in [5.74, 6) is 1.30. The van der Waals surface area contributed by atoms with E-state index in [0.29, 0.717) is 89.8 Å². The number of pyridine rings is 1. The fourth-order valence-corrected chi connectivity index (χ4v) is 10.8. The molecular formula is C61H68FN15O6. The molecule has 1 spiro atoms. The van der Waals surface area contributed by atoms with E-state index in [1.807, 2.05) is 92.1 Å². The van der Waals surface area contributed by atoms with Crippen molar-refractivity contribution in [2.75, 3.05) is 112 Å². The van der Waals surface area contributed by atoms with E-state index in [4.69, 9.17) is 33.9 Å². The quantitative estimate of drug-likeness (QED) is 0.0494. The standard InChI is InChI=1S/C61H68FN15O6/c1-12-52(78)65-41-26-43(68-58-64-31-39(62)55(71-58)54-37-17-15-21-63-57(37)77-24-25-82-33-47(54)77)49(80-10)29-45(41)73(7)22-23-74(8)51-28-40(38-32-76-35-61(19-20-61)83-48-18-14-16-36(38)56(48)76)67-59(70-51)69-44-27-42(66-53(79)13-2)46(30-50(44)81-11)75(9)34-60(3,4)72(5)6/h12-18,21,26-32H,1-2,19-20,22-25,33-35H2,3-11H3,(H,65,78)(H,66,79)(H,64,68,71)(H,67,69,70). The molecule has 4 N–H and O–H groups in total. The summed E-state index contributed by atoms with van der Waals surface area (Å²) in [6.07, 6.45) is 9.40. The van der Waals surface area contributed by atoms with E-state index in [-0.39, 0.29) is 41.2 Å². The van der Waals surface area contributed by atoms with E-state index in [9.17, 15) is 9.59 Å². The summed E-state index contributed by atoms with van der Waals surface area (Å²) in [6, 6.07) is 19.0. The van der Waals surface area contributed by atoms with Crippen molar-refractivity contribution < 1.29 is 32.9 Å². The number of benzene rings is 3. The molecule has 2 aliphatic heterocycles. The zero-order valence-corrected chi connectivity index (χ0v) is 48.2. The first-order valence-electron chi connectivity index (χ1n) is 27.3. The van der Waals surface area contributed by atoms with Crippen LogP contribution < -0.4 is 50.2 Å². The molecule has 22 heteroatoms. The number of carbonyl (C=O) groups excluding carboxylic acids is 2. The van der Waals surface area contributed by atoms with Crippen molar-refractivity contribution in [1.82, 2.24) is 39.0 Å². The molecule has 430 valence electrons. The summed E-state index contributed by atoms with van der Waals surface area (Å²) >= 11 is 0. The third-order valence-corrected chi connectivity index (χ3v) is 15.9. The maximum atomic E-state index is 15.9. The second-order valence-corrected chi connectivity index (χ2v) is 22.0. The summed E-state index contributed by atoms with van der Waals surface area (Å²) in [6.45, 7) is 15.3. The lowest BCUT2D eigenvalue weighted by Crippen LogP contribution is -2.47. The van der Waals surface area contributed by atoms with Gasteiger partial charge in [0, 0.05) is 105 Å². The lowest BCUT2D eigenvalue weighted by atomic mass is 10.0. The van der Waals surface area contributed by atoms with Gasteiger partial charge in [-0.1, -0.05) is 25.3 Å². The number of para-hydroxylation sites is 1. The minimum Gasteiger partial charge on any atom is -0.494 e. The molecule has 0 atom stereocenters. The molecule has 3 aromatic carbocycles. The van der Waals surface area contributed by atoms with Gasteiger partial charge in [-0.2, -0.15) is 4.98 Å². The molecule has 0 saturated heterocycles. The molecule has 0 bridgehead atoms. The highest BCUT2D eigenvalue weighted by Crippen LogP contribution is 2.50. The molecule has 83 heavy (non-hydrogen) atoms. The van der Waals surface area contributed by atoms with E-state index in [1.165, 1.54) is 19.3 Å². The molecule has 0 unspecified atom stereocenters. The number of nitrogens with one attached hydrogen (secondary N) is 4. The summed E-state index contributed by atoms with van der Waals surface area (Å²) in [5.41, 5.74) is 7.56. The molecule has 2 amide bonds. The predicted molar refractivity (Wildman–Crippen MR) is 324 cm³/mol. The number of aromatic nitrogens is 7. The smallest absolute Gasteiger partial charge is 0.247 e. The van der Waals surface area contributed by atoms with Crippen LogP contribution in [0.25, 0.3) is 44.5 Å². The largest absolute Gasteiger partial charge is 0.494 e. The van der Waals surface area contributed by atoms with Gasteiger partial charge in [-0.15, -0.1) is 0 Å². The monoisotopic (exact) mass is 1130 g/mol. The van der Waals surface area contributed by atoms with Gasteiger partial charge in [-0.3, -0.25) is 9.59 Å². The summed E-state index contributed by atoms with van der Waals surface area (Å²) < 4.78 is 44.6. The van der Waals surface area contributed by atoms with Crippen LogP contribution >= 0.6 is 0 Å². The highest BCUT2D eigenvalue weighted by atomic mass is 19.1. The number of amides is 2. The fraction of sp³-hybridized carbons (Fsp3) is 0.328. The van der Waals surface area contributed by atoms with Crippen molar-refractivity contribution in [3.63, 3.8) is 0 Å². The summed E-state index contributed by atoms with van der Waals surface area (Å²) in [7, 11) is 13.1. The summed E-state index contributed by atoms with van der Waals surface area (Å²) in [4.78, 5) is 58.3. The van der Waals surface area contributed by atoms with E-state index < -0.39 is 11.7 Å². The van der Waals surface area contributed by atoms with Crippen LogP contribution in [0.3, 0.4) is 0 Å². The lowest BCUT2D eigenvalue weighted by Gasteiger charge is -2.37. The van der Waals surface area contributed by atoms with Crippen molar-refractivity contribution in [2.24, 2.45) is 0 Å². The van der Waals surface area contributed by atoms with Gasteiger partial charge >= 0.3 is 0 Å². The highest BCUT2D eigenvalue weighted by molar-refractivity contribution is 6.04. The van der Waals surface area contributed by atoms with Crippen LogP contribution in [0.4, 0.5) is 56.2 Å². The van der Waals surface area contributed by atoms with Crippen LogP contribution in [0.5, 0.6) is 17.2 Å². The molecule has 8 aromatic rings.